The first kappa shape index (κ1) is 21.4. The lowest BCUT2D eigenvalue weighted by molar-refractivity contribution is -0.129. The van der Waals surface area contributed by atoms with Crippen LogP contribution >= 0.6 is 11.6 Å². The number of nitrogens with one attached hydrogen (secondary N) is 2. The Morgan fingerprint density at radius 1 is 1.45 bits per heavy atom. The number of nitriles is 1. The predicted molar refractivity (Wildman–Crippen MR) is 111 cm³/mol. The molecule has 0 bridgehead atoms. The van der Waals surface area contributed by atoms with Crippen molar-refractivity contribution in [1.29, 1.82) is 5.26 Å². The van der Waals surface area contributed by atoms with E-state index in [0.717, 1.165) is 24.9 Å². The van der Waals surface area contributed by atoms with Gasteiger partial charge in [0.05, 0.1) is 18.6 Å². The topological polar surface area (TPSA) is 93.0 Å². The summed E-state index contributed by atoms with van der Waals surface area (Å²) >= 11 is 6.05. The molecule has 2 heterocycles. The molecule has 2 fully saturated rings. The molecule has 0 aromatic heterocycles. The number of likely N-dealkylation sites (tertiary alicyclic amines) is 1. The molecule has 0 radical (unpaired) electrons. The van der Waals surface area contributed by atoms with Crippen LogP contribution in [0.15, 0.2) is 29.3 Å². The highest BCUT2D eigenvalue weighted by molar-refractivity contribution is 6.30. The third kappa shape index (κ3) is 5.38. The number of hydrogen-bond donors (Lipinski definition) is 2. The molecule has 2 N–H and O–H groups in total. The average molecular weight is 419 g/mol. The average Bonchev–Trinajstić information content (AvgIpc) is 3.33. The van der Waals surface area contributed by atoms with Crippen LogP contribution in [-0.4, -0.2) is 60.7 Å². The van der Waals surface area contributed by atoms with E-state index >= 15 is 0 Å². The number of hydrogen-bond acceptors (Lipinski definition) is 5. The fourth-order valence-corrected chi connectivity index (χ4v) is 3.88. The predicted octanol–water partition coefficient (Wildman–Crippen LogP) is 2.05. The Kier molecular flexibility index (Phi) is 7.69. The third-order valence-corrected chi connectivity index (χ3v) is 5.38. The summed E-state index contributed by atoms with van der Waals surface area (Å²) in [7, 11) is 0. The number of ether oxygens (including phenoxy) is 1. The van der Waals surface area contributed by atoms with Crippen molar-refractivity contribution in [2.24, 2.45) is 4.99 Å². The highest BCUT2D eigenvalue weighted by atomic mass is 35.5. The Labute approximate surface area is 176 Å². The van der Waals surface area contributed by atoms with Crippen LogP contribution in [0.3, 0.4) is 0 Å². The number of nitrogens with zero attached hydrogens (tertiary/aromatic N) is 4. The lowest BCUT2D eigenvalue weighted by Crippen LogP contribution is -2.45. The molecule has 0 spiro atoms. The molecule has 0 saturated carbocycles. The van der Waals surface area contributed by atoms with E-state index in [1.807, 2.05) is 47.3 Å². The zero-order valence-corrected chi connectivity index (χ0v) is 17.4. The number of hydrazine groups is 1. The van der Waals surface area contributed by atoms with E-state index in [4.69, 9.17) is 16.3 Å². The van der Waals surface area contributed by atoms with E-state index in [1.165, 1.54) is 0 Å². The van der Waals surface area contributed by atoms with Crippen molar-refractivity contribution >= 4 is 23.5 Å². The summed E-state index contributed by atoms with van der Waals surface area (Å²) in [4.78, 5) is 18.9. The molecule has 1 aromatic rings. The van der Waals surface area contributed by atoms with Gasteiger partial charge in [0, 0.05) is 37.7 Å². The van der Waals surface area contributed by atoms with Gasteiger partial charge in [0.15, 0.2) is 6.19 Å². The minimum atomic E-state index is -0.108. The van der Waals surface area contributed by atoms with Gasteiger partial charge in [-0.25, -0.2) is 5.43 Å². The fraction of sp³-hybridized carbons (Fsp3) is 0.550. The minimum Gasteiger partial charge on any atom is -0.382 e. The molecule has 2 atom stereocenters. The molecular weight excluding hydrogens is 392 g/mol. The number of carbonyl (C=O) groups is 1. The summed E-state index contributed by atoms with van der Waals surface area (Å²) in [5, 5.41) is 14.3. The molecule has 2 saturated heterocycles. The number of halogens is 1. The number of rotatable bonds is 7. The van der Waals surface area contributed by atoms with Crippen LogP contribution in [0.4, 0.5) is 0 Å². The molecule has 0 aliphatic carbocycles. The van der Waals surface area contributed by atoms with Crippen molar-refractivity contribution in [3.05, 3.63) is 34.9 Å². The smallest absolute Gasteiger partial charge is 0.223 e. The highest BCUT2D eigenvalue weighted by Crippen LogP contribution is 2.30. The Hall–Kier alpha value is -2.34. The summed E-state index contributed by atoms with van der Waals surface area (Å²) in [5.74, 6) is 0.623. The van der Waals surface area contributed by atoms with Crippen molar-refractivity contribution in [2.45, 2.75) is 38.3 Å². The van der Waals surface area contributed by atoms with Gasteiger partial charge in [0.25, 0.3) is 0 Å². The van der Waals surface area contributed by atoms with E-state index in [-0.39, 0.29) is 18.0 Å². The van der Waals surface area contributed by atoms with Crippen LogP contribution < -0.4 is 10.7 Å². The van der Waals surface area contributed by atoms with E-state index in [9.17, 15) is 10.1 Å². The van der Waals surface area contributed by atoms with Gasteiger partial charge in [0.2, 0.25) is 11.9 Å². The molecule has 2 unspecified atom stereocenters. The number of aliphatic imine (C=N–C) groups is 1. The Morgan fingerprint density at radius 2 is 2.24 bits per heavy atom. The molecule has 9 heteroatoms. The van der Waals surface area contributed by atoms with Crippen LogP contribution in [0.1, 0.15) is 37.8 Å². The van der Waals surface area contributed by atoms with E-state index < -0.39 is 0 Å². The largest absolute Gasteiger partial charge is 0.382 e. The molecule has 1 amide bonds. The van der Waals surface area contributed by atoms with Crippen LogP contribution in [0, 0.1) is 11.5 Å². The van der Waals surface area contributed by atoms with E-state index in [1.54, 1.807) is 0 Å². The van der Waals surface area contributed by atoms with Gasteiger partial charge in [-0.15, -0.1) is 0 Å². The SMILES string of the molecule is CCOCCCN=C(NC#N)N1CC(N2CCCC2=O)C(c2ccc(Cl)cc2)N1. The van der Waals surface area contributed by atoms with Gasteiger partial charge in [-0.05, 0) is 37.5 Å². The molecule has 3 rings (SSSR count). The Morgan fingerprint density at radius 3 is 2.90 bits per heavy atom. The van der Waals surface area contributed by atoms with Gasteiger partial charge in [-0.3, -0.25) is 20.1 Å². The van der Waals surface area contributed by atoms with E-state index in [0.29, 0.717) is 43.7 Å². The van der Waals surface area contributed by atoms with Gasteiger partial charge in [0.1, 0.15) is 0 Å². The minimum absolute atomic E-state index is 0.0553. The molecule has 29 heavy (non-hydrogen) atoms. The Balaban J connectivity index is 1.78. The first-order valence-corrected chi connectivity index (χ1v) is 10.4. The van der Waals surface area contributed by atoms with Crippen molar-refractivity contribution in [3.63, 3.8) is 0 Å². The van der Waals surface area contributed by atoms with Gasteiger partial charge in [-0.1, -0.05) is 23.7 Å². The summed E-state index contributed by atoms with van der Waals surface area (Å²) in [6, 6.07) is 7.46. The van der Waals surface area contributed by atoms with Crippen molar-refractivity contribution < 1.29 is 9.53 Å². The van der Waals surface area contributed by atoms with Crippen molar-refractivity contribution in [3.8, 4) is 6.19 Å². The summed E-state index contributed by atoms with van der Waals surface area (Å²) < 4.78 is 5.34. The second-order valence-corrected chi connectivity index (χ2v) is 7.46. The second-order valence-electron chi connectivity index (χ2n) is 7.02. The number of guanidine groups is 1. The lowest BCUT2D eigenvalue weighted by atomic mass is 10.0. The van der Waals surface area contributed by atoms with Gasteiger partial charge < -0.3 is 9.64 Å². The second kappa shape index (κ2) is 10.4. The summed E-state index contributed by atoms with van der Waals surface area (Å²) in [5.41, 5.74) is 4.47. The highest BCUT2D eigenvalue weighted by Gasteiger charge is 2.41. The van der Waals surface area contributed by atoms with Crippen LogP contribution in [0.2, 0.25) is 5.02 Å². The monoisotopic (exact) mass is 418 g/mol. The molecule has 8 nitrogen and oxygen atoms in total. The first-order valence-electron chi connectivity index (χ1n) is 10.00. The quantitative estimate of drug-likeness (QED) is 0.231. The molecule has 2 aliphatic rings. The number of benzene rings is 1. The Bertz CT molecular complexity index is 763. The summed E-state index contributed by atoms with van der Waals surface area (Å²) in [6.45, 7) is 5.09. The zero-order chi connectivity index (χ0) is 20.6. The standard InChI is InChI=1S/C20H27ClN6O2/c1-2-29-12-4-10-23-20(24-14-22)27-13-17(26-11-3-5-18(26)28)19(25-27)15-6-8-16(21)9-7-15/h6-9,17,19,25H,2-5,10-13H2,1H3,(H,23,24). The maximum Gasteiger partial charge on any atom is 0.223 e. The van der Waals surface area contributed by atoms with Crippen molar-refractivity contribution in [1.82, 2.24) is 20.7 Å². The van der Waals surface area contributed by atoms with E-state index in [2.05, 4.69) is 15.7 Å². The van der Waals surface area contributed by atoms with Crippen LogP contribution in [0.5, 0.6) is 0 Å². The molecular formula is C20H27ClN6O2. The summed E-state index contributed by atoms with van der Waals surface area (Å²) in [6.07, 6.45) is 4.19. The molecule has 1 aromatic carbocycles. The first-order chi connectivity index (χ1) is 14.1. The van der Waals surface area contributed by atoms with Gasteiger partial charge in [-0.2, -0.15) is 5.26 Å². The maximum atomic E-state index is 12.4. The van der Waals surface area contributed by atoms with Gasteiger partial charge >= 0.3 is 0 Å². The fourth-order valence-electron chi connectivity index (χ4n) is 3.75. The number of carbonyl (C=O) groups excluding carboxylic acids is 1. The third-order valence-electron chi connectivity index (χ3n) is 5.12. The lowest BCUT2D eigenvalue weighted by Gasteiger charge is -2.27. The maximum absolute atomic E-state index is 12.4. The van der Waals surface area contributed by atoms with Crippen LogP contribution in [0.25, 0.3) is 0 Å². The van der Waals surface area contributed by atoms with Crippen LogP contribution in [-0.2, 0) is 9.53 Å². The molecule has 156 valence electrons. The number of amides is 1. The normalized spacial score (nSPS) is 22.2. The molecule has 2 aliphatic heterocycles. The zero-order valence-electron chi connectivity index (χ0n) is 16.6. The van der Waals surface area contributed by atoms with Crippen molar-refractivity contribution in [2.75, 3.05) is 32.8 Å².